The number of alkyl carbamates (subject to hydrolysis) is 1. The molecule has 1 fully saturated rings. The van der Waals surface area contributed by atoms with Crippen molar-refractivity contribution in [1.29, 1.82) is 0 Å². The van der Waals surface area contributed by atoms with Gasteiger partial charge in [0.05, 0.1) is 24.2 Å². The summed E-state index contributed by atoms with van der Waals surface area (Å²) in [7, 11) is 1.55. The van der Waals surface area contributed by atoms with Gasteiger partial charge in [-0.25, -0.2) is 4.79 Å². The molecule has 0 bridgehead atoms. The van der Waals surface area contributed by atoms with E-state index in [9.17, 15) is 4.79 Å². The monoisotopic (exact) mass is 227 g/mol. The smallest absolute Gasteiger partial charge is 0.407 e. The van der Waals surface area contributed by atoms with Crippen molar-refractivity contribution in [2.45, 2.75) is 6.10 Å². The first-order chi connectivity index (χ1) is 7.22. The van der Waals surface area contributed by atoms with Crippen LogP contribution < -0.4 is 10.1 Å². The zero-order valence-corrected chi connectivity index (χ0v) is 8.88. The Morgan fingerprint density at radius 2 is 2.40 bits per heavy atom. The van der Waals surface area contributed by atoms with Gasteiger partial charge in [-0.15, -0.1) is 0 Å². The number of amides is 1. The Kier molecular flexibility index (Phi) is 2.68. The summed E-state index contributed by atoms with van der Waals surface area (Å²) in [4.78, 5) is 10.9. The second-order valence-electron chi connectivity index (χ2n) is 3.13. The van der Waals surface area contributed by atoms with Crippen LogP contribution in [-0.2, 0) is 4.74 Å². The van der Waals surface area contributed by atoms with Gasteiger partial charge in [0.1, 0.15) is 5.75 Å². The lowest BCUT2D eigenvalue weighted by atomic mass is 10.1. The summed E-state index contributed by atoms with van der Waals surface area (Å²) in [6.07, 6.45) is -0.803. The van der Waals surface area contributed by atoms with Crippen molar-refractivity contribution in [3.8, 4) is 5.75 Å². The first-order valence-electron chi connectivity index (χ1n) is 4.49. The highest BCUT2D eigenvalue weighted by atomic mass is 35.5. The molecule has 80 valence electrons. The predicted octanol–water partition coefficient (Wildman–Crippen LogP) is 2.13. The lowest BCUT2D eigenvalue weighted by molar-refractivity contribution is 0.139. The summed E-state index contributed by atoms with van der Waals surface area (Å²) in [5, 5.41) is 3.11. The van der Waals surface area contributed by atoms with Crippen LogP contribution in [0.2, 0.25) is 5.02 Å². The number of halogens is 1. The van der Waals surface area contributed by atoms with Gasteiger partial charge < -0.3 is 14.8 Å². The topological polar surface area (TPSA) is 47.6 Å². The van der Waals surface area contributed by atoms with Crippen molar-refractivity contribution in [2.75, 3.05) is 13.7 Å². The van der Waals surface area contributed by atoms with Crippen LogP contribution in [0.25, 0.3) is 0 Å². The van der Waals surface area contributed by atoms with E-state index < -0.39 is 6.09 Å². The molecule has 0 radical (unpaired) electrons. The molecule has 0 spiro atoms. The van der Waals surface area contributed by atoms with Crippen LogP contribution in [-0.4, -0.2) is 19.7 Å². The molecule has 1 unspecified atom stereocenters. The third kappa shape index (κ3) is 1.85. The second kappa shape index (κ2) is 3.98. The van der Waals surface area contributed by atoms with E-state index in [1.165, 1.54) is 0 Å². The maximum absolute atomic E-state index is 10.9. The third-order valence-electron chi connectivity index (χ3n) is 2.24. The summed E-state index contributed by atoms with van der Waals surface area (Å²) < 4.78 is 10.2. The van der Waals surface area contributed by atoms with Gasteiger partial charge in [-0.05, 0) is 12.1 Å². The molecule has 1 aromatic rings. The molecular formula is C10H10ClNO3. The largest absolute Gasteiger partial charge is 0.496 e. The zero-order chi connectivity index (χ0) is 10.8. The van der Waals surface area contributed by atoms with Gasteiger partial charge in [0.25, 0.3) is 0 Å². The van der Waals surface area contributed by atoms with Crippen LogP contribution in [0, 0.1) is 0 Å². The van der Waals surface area contributed by atoms with Crippen LogP contribution in [0.15, 0.2) is 18.2 Å². The Balaban J connectivity index is 2.37. The number of rotatable bonds is 2. The first-order valence-corrected chi connectivity index (χ1v) is 4.87. The van der Waals surface area contributed by atoms with Gasteiger partial charge in [0.2, 0.25) is 0 Å². The molecule has 1 aromatic carbocycles. The van der Waals surface area contributed by atoms with E-state index in [4.69, 9.17) is 21.1 Å². The highest BCUT2D eigenvalue weighted by Crippen LogP contribution is 2.35. The Morgan fingerprint density at radius 1 is 1.60 bits per heavy atom. The number of cyclic esters (lactones) is 1. The number of methoxy groups -OCH3 is 1. The molecule has 1 aliphatic rings. The molecule has 0 saturated carbocycles. The maximum atomic E-state index is 10.9. The molecule has 15 heavy (non-hydrogen) atoms. The number of nitrogens with one attached hydrogen (secondary N) is 1. The fraction of sp³-hybridized carbons (Fsp3) is 0.300. The minimum Gasteiger partial charge on any atom is -0.496 e. The van der Waals surface area contributed by atoms with E-state index in [0.29, 0.717) is 22.9 Å². The van der Waals surface area contributed by atoms with E-state index in [1.54, 1.807) is 25.3 Å². The van der Waals surface area contributed by atoms with Gasteiger partial charge in [0, 0.05) is 0 Å². The Bertz CT molecular complexity index is 394. The lowest BCUT2D eigenvalue weighted by Crippen LogP contribution is -2.12. The van der Waals surface area contributed by atoms with Crippen LogP contribution in [0.1, 0.15) is 11.7 Å². The minimum absolute atomic E-state index is 0.374. The summed E-state index contributed by atoms with van der Waals surface area (Å²) in [5.41, 5.74) is 0.708. The van der Waals surface area contributed by atoms with E-state index in [1.807, 2.05) is 0 Å². The Labute approximate surface area is 92.1 Å². The van der Waals surface area contributed by atoms with E-state index in [2.05, 4.69) is 5.32 Å². The molecule has 1 N–H and O–H groups in total. The maximum Gasteiger partial charge on any atom is 0.407 e. The molecular weight excluding hydrogens is 218 g/mol. The molecule has 1 amide bonds. The SMILES string of the molecule is COc1cccc(Cl)c1C1CNC(=O)O1. The fourth-order valence-corrected chi connectivity index (χ4v) is 1.84. The number of carbonyl (C=O) groups is 1. The lowest BCUT2D eigenvalue weighted by Gasteiger charge is -2.14. The second-order valence-corrected chi connectivity index (χ2v) is 3.54. The van der Waals surface area contributed by atoms with Crippen molar-refractivity contribution >= 4 is 17.7 Å². The molecule has 2 rings (SSSR count). The molecule has 4 nitrogen and oxygen atoms in total. The average molecular weight is 228 g/mol. The van der Waals surface area contributed by atoms with Crippen LogP contribution >= 0.6 is 11.6 Å². The van der Waals surface area contributed by atoms with Crippen molar-refractivity contribution < 1.29 is 14.3 Å². The molecule has 1 aliphatic heterocycles. The molecule has 1 atom stereocenters. The minimum atomic E-state index is -0.429. The van der Waals surface area contributed by atoms with Crippen LogP contribution in [0.4, 0.5) is 4.79 Å². The predicted molar refractivity (Wildman–Crippen MR) is 55.2 cm³/mol. The Morgan fingerprint density at radius 3 is 3.00 bits per heavy atom. The number of benzene rings is 1. The van der Waals surface area contributed by atoms with Crippen LogP contribution in [0.3, 0.4) is 0 Å². The van der Waals surface area contributed by atoms with Crippen molar-refractivity contribution in [2.24, 2.45) is 0 Å². The van der Waals surface area contributed by atoms with E-state index >= 15 is 0 Å². The number of hydrogen-bond donors (Lipinski definition) is 1. The molecule has 5 heteroatoms. The first kappa shape index (κ1) is 10.1. The van der Waals surface area contributed by atoms with Crippen molar-refractivity contribution in [1.82, 2.24) is 5.32 Å². The van der Waals surface area contributed by atoms with Gasteiger partial charge in [0.15, 0.2) is 6.10 Å². The van der Waals surface area contributed by atoms with Crippen molar-refractivity contribution in [3.63, 3.8) is 0 Å². The van der Waals surface area contributed by atoms with Gasteiger partial charge in [-0.3, -0.25) is 0 Å². The summed E-state index contributed by atoms with van der Waals surface area (Å²) >= 11 is 6.04. The standard InChI is InChI=1S/C10H10ClNO3/c1-14-7-4-2-3-6(11)9(7)8-5-12-10(13)15-8/h2-4,8H,5H2,1H3,(H,12,13). The highest BCUT2D eigenvalue weighted by Gasteiger charge is 2.28. The van der Waals surface area contributed by atoms with Crippen molar-refractivity contribution in [3.05, 3.63) is 28.8 Å². The third-order valence-corrected chi connectivity index (χ3v) is 2.57. The van der Waals surface area contributed by atoms with E-state index in [0.717, 1.165) is 0 Å². The number of ether oxygens (including phenoxy) is 2. The molecule has 1 saturated heterocycles. The Hall–Kier alpha value is -1.42. The zero-order valence-electron chi connectivity index (χ0n) is 8.12. The van der Waals surface area contributed by atoms with Gasteiger partial charge >= 0.3 is 6.09 Å². The number of hydrogen-bond acceptors (Lipinski definition) is 3. The summed E-state index contributed by atoms with van der Waals surface area (Å²) in [6, 6.07) is 5.31. The summed E-state index contributed by atoms with van der Waals surface area (Å²) in [5.74, 6) is 0.629. The van der Waals surface area contributed by atoms with Crippen LogP contribution in [0.5, 0.6) is 5.75 Å². The number of carbonyl (C=O) groups excluding carboxylic acids is 1. The molecule has 0 aromatic heterocycles. The average Bonchev–Trinajstić information content (AvgIpc) is 2.64. The summed E-state index contributed by atoms with van der Waals surface area (Å²) in [6.45, 7) is 0.416. The quantitative estimate of drug-likeness (QED) is 0.842. The highest BCUT2D eigenvalue weighted by molar-refractivity contribution is 6.31. The van der Waals surface area contributed by atoms with Gasteiger partial charge in [-0.1, -0.05) is 17.7 Å². The molecule has 1 heterocycles. The van der Waals surface area contributed by atoms with E-state index in [-0.39, 0.29) is 6.10 Å². The fourth-order valence-electron chi connectivity index (χ4n) is 1.56. The van der Waals surface area contributed by atoms with Gasteiger partial charge in [-0.2, -0.15) is 0 Å². The normalized spacial score (nSPS) is 19.6. The molecule has 0 aliphatic carbocycles.